The van der Waals surface area contributed by atoms with Gasteiger partial charge in [-0.1, -0.05) is 19.4 Å². The van der Waals surface area contributed by atoms with Crippen LogP contribution in [0, 0.1) is 5.92 Å². The van der Waals surface area contributed by atoms with E-state index in [9.17, 15) is 5.26 Å². The Bertz CT molecular complexity index is 472. The van der Waals surface area contributed by atoms with E-state index in [4.69, 9.17) is 0 Å². The highest BCUT2D eigenvalue weighted by Crippen LogP contribution is 2.33. The van der Waals surface area contributed by atoms with Crippen LogP contribution in [-0.2, 0) is 9.37 Å². The zero-order chi connectivity index (χ0) is 16.2. The highest BCUT2D eigenvalue weighted by atomic mass is 32.2. The van der Waals surface area contributed by atoms with Gasteiger partial charge in [0.2, 0.25) is 0 Å². The molecule has 0 aromatic carbocycles. The minimum Gasteiger partial charge on any atom is -0.691 e. The SMILES string of the molecule is CC[N+]1=C(C(C)C)C(=C(C)C)C(CSOO[O-])=CC1(C)C. The molecule has 0 unspecified atom stereocenters. The third kappa shape index (κ3) is 4.19. The quantitative estimate of drug-likeness (QED) is 0.249. The van der Waals surface area contributed by atoms with E-state index in [2.05, 4.69) is 68.5 Å². The molecule has 5 heteroatoms. The fraction of sp³-hybridized carbons (Fsp3) is 0.688. The Labute approximate surface area is 132 Å². The van der Waals surface area contributed by atoms with Crippen LogP contribution >= 0.6 is 12.0 Å². The van der Waals surface area contributed by atoms with Gasteiger partial charge >= 0.3 is 0 Å². The zero-order valence-electron chi connectivity index (χ0n) is 14.1. The second kappa shape index (κ2) is 7.58. The lowest BCUT2D eigenvalue weighted by Crippen LogP contribution is -2.45. The summed E-state index contributed by atoms with van der Waals surface area (Å²) in [6.45, 7) is 16.3. The van der Waals surface area contributed by atoms with Gasteiger partial charge in [0, 0.05) is 43.1 Å². The van der Waals surface area contributed by atoms with Crippen LogP contribution in [-0.4, -0.2) is 28.1 Å². The molecule has 21 heavy (non-hydrogen) atoms. The first-order chi connectivity index (χ1) is 9.76. The van der Waals surface area contributed by atoms with Crippen LogP contribution in [0.25, 0.3) is 0 Å². The van der Waals surface area contributed by atoms with Crippen molar-refractivity contribution >= 4 is 17.8 Å². The maximum absolute atomic E-state index is 10.00. The summed E-state index contributed by atoms with van der Waals surface area (Å²) in [5.74, 6) is 1.03. The summed E-state index contributed by atoms with van der Waals surface area (Å²) in [5, 5.41) is 13.4. The molecule has 0 aliphatic carbocycles. The number of hydrogen-bond donors (Lipinski definition) is 0. The van der Waals surface area contributed by atoms with Gasteiger partial charge in [-0.2, -0.15) is 4.33 Å². The van der Waals surface area contributed by atoms with Crippen molar-refractivity contribution in [3.05, 3.63) is 22.8 Å². The monoisotopic (exact) mass is 313 g/mol. The van der Waals surface area contributed by atoms with Crippen molar-refractivity contribution in [3.8, 4) is 0 Å². The molecule has 0 aromatic heterocycles. The Hall–Kier alpha value is -0.620. The fourth-order valence-corrected chi connectivity index (χ4v) is 3.60. The molecule has 1 heterocycles. The third-order valence-corrected chi connectivity index (χ3v) is 4.33. The highest BCUT2D eigenvalue weighted by molar-refractivity contribution is 7.94. The van der Waals surface area contributed by atoms with Crippen molar-refractivity contribution in [3.63, 3.8) is 0 Å². The minimum atomic E-state index is -0.0540. The molecule has 0 atom stereocenters. The molecule has 0 aromatic rings. The molecule has 1 rings (SSSR count). The van der Waals surface area contributed by atoms with Crippen molar-refractivity contribution in [1.29, 1.82) is 0 Å². The first kappa shape index (κ1) is 18.4. The predicted octanol–water partition coefficient (Wildman–Crippen LogP) is 3.04. The largest absolute Gasteiger partial charge is 0.691 e. The topological polar surface area (TPSA) is 44.5 Å². The summed E-state index contributed by atoms with van der Waals surface area (Å²) in [7, 11) is 0. The number of rotatable bonds is 6. The summed E-state index contributed by atoms with van der Waals surface area (Å²) in [5.41, 5.74) is 5.08. The van der Waals surface area contributed by atoms with Gasteiger partial charge in [0.15, 0.2) is 11.3 Å². The van der Waals surface area contributed by atoms with Crippen LogP contribution in [0.4, 0.5) is 0 Å². The second-order valence-corrected chi connectivity index (χ2v) is 7.04. The predicted molar refractivity (Wildman–Crippen MR) is 85.8 cm³/mol. The van der Waals surface area contributed by atoms with Gasteiger partial charge in [-0.25, -0.2) is 4.58 Å². The average molecular weight is 313 g/mol. The van der Waals surface area contributed by atoms with Crippen LogP contribution in [0.5, 0.6) is 0 Å². The van der Waals surface area contributed by atoms with Gasteiger partial charge in [-0.3, -0.25) is 5.04 Å². The molecule has 0 spiro atoms. The fourth-order valence-electron chi connectivity index (χ4n) is 3.16. The minimum absolute atomic E-state index is 0.0540. The molecule has 0 N–H and O–H groups in total. The number of likely N-dealkylation sites (N-methyl/N-ethyl adjacent to an activating group) is 1. The average Bonchev–Trinajstić information content (AvgIpc) is 2.36. The smallest absolute Gasteiger partial charge is 0.186 e. The third-order valence-electron chi connectivity index (χ3n) is 3.74. The Morgan fingerprint density at radius 1 is 1.38 bits per heavy atom. The van der Waals surface area contributed by atoms with E-state index in [-0.39, 0.29) is 5.54 Å². The Kier molecular flexibility index (Phi) is 6.66. The summed E-state index contributed by atoms with van der Waals surface area (Å²) in [6, 6.07) is 0. The van der Waals surface area contributed by atoms with Crippen LogP contribution in [0.15, 0.2) is 22.8 Å². The molecule has 0 amide bonds. The molecule has 0 fully saturated rings. The van der Waals surface area contributed by atoms with Crippen molar-refractivity contribution < 1.29 is 19.2 Å². The van der Waals surface area contributed by atoms with E-state index in [0.29, 0.717) is 11.7 Å². The van der Waals surface area contributed by atoms with Crippen LogP contribution < -0.4 is 5.26 Å². The van der Waals surface area contributed by atoms with E-state index >= 15 is 0 Å². The van der Waals surface area contributed by atoms with Crippen molar-refractivity contribution in [2.75, 3.05) is 12.3 Å². The maximum Gasteiger partial charge on any atom is 0.186 e. The van der Waals surface area contributed by atoms with Crippen LogP contribution in [0.3, 0.4) is 0 Å². The zero-order valence-corrected chi connectivity index (χ0v) is 15.0. The van der Waals surface area contributed by atoms with Crippen LogP contribution in [0.1, 0.15) is 48.5 Å². The number of nitrogens with zero attached hydrogens (tertiary/aromatic N) is 1. The number of allylic oxidation sites excluding steroid dienone is 2. The Morgan fingerprint density at radius 3 is 2.43 bits per heavy atom. The van der Waals surface area contributed by atoms with Gasteiger partial charge in [0.1, 0.15) is 6.54 Å². The highest BCUT2D eigenvalue weighted by Gasteiger charge is 2.39. The standard InChI is InChI=1S/C16H27NO3S/c1-8-17-15(12(4)5)14(11(2)3)13(9-16(17,6)7)10-21-20-19-18/h9,12H,8,10H2,1-7H3. The van der Waals surface area contributed by atoms with Gasteiger partial charge in [0.05, 0.1) is 0 Å². The Morgan fingerprint density at radius 2 is 2.00 bits per heavy atom. The van der Waals surface area contributed by atoms with E-state index < -0.39 is 0 Å². The van der Waals surface area contributed by atoms with Crippen molar-refractivity contribution in [2.45, 2.75) is 54.0 Å². The molecule has 120 valence electrons. The second-order valence-electron chi connectivity index (χ2n) is 6.38. The Balaban J connectivity index is 3.35. The lowest BCUT2D eigenvalue weighted by atomic mass is 9.83. The lowest BCUT2D eigenvalue weighted by molar-refractivity contribution is -0.777. The maximum atomic E-state index is 10.00. The van der Waals surface area contributed by atoms with Gasteiger partial charge in [-0.15, -0.1) is 0 Å². The van der Waals surface area contributed by atoms with Crippen molar-refractivity contribution in [1.82, 2.24) is 0 Å². The summed E-state index contributed by atoms with van der Waals surface area (Å²) in [6.07, 6.45) is 2.27. The van der Waals surface area contributed by atoms with E-state index in [1.807, 2.05) is 0 Å². The normalized spacial score (nSPS) is 18.3. The molecule has 0 saturated heterocycles. The molecule has 1 aliphatic rings. The van der Waals surface area contributed by atoms with Gasteiger partial charge < -0.3 is 5.26 Å². The number of hydrogen-bond acceptors (Lipinski definition) is 4. The van der Waals surface area contributed by atoms with E-state index in [0.717, 1.165) is 18.6 Å². The molecular weight excluding hydrogens is 286 g/mol. The first-order valence-electron chi connectivity index (χ1n) is 7.38. The molecule has 0 bridgehead atoms. The van der Waals surface area contributed by atoms with E-state index in [1.165, 1.54) is 22.4 Å². The van der Waals surface area contributed by atoms with E-state index in [1.54, 1.807) is 0 Å². The van der Waals surface area contributed by atoms with Gasteiger partial charge in [-0.05, 0) is 32.4 Å². The summed E-state index contributed by atoms with van der Waals surface area (Å²) < 4.78 is 6.91. The summed E-state index contributed by atoms with van der Waals surface area (Å²) >= 11 is 1.04. The molecule has 0 saturated carbocycles. The van der Waals surface area contributed by atoms with Crippen molar-refractivity contribution in [2.24, 2.45) is 5.92 Å². The summed E-state index contributed by atoms with van der Waals surface area (Å²) in [4.78, 5) is 0. The molecular formula is C16H27NO3S. The first-order valence-corrected chi connectivity index (χ1v) is 8.29. The van der Waals surface area contributed by atoms with Gasteiger partial charge in [0.25, 0.3) is 0 Å². The molecule has 4 nitrogen and oxygen atoms in total. The molecule has 0 radical (unpaired) electrons. The van der Waals surface area contributed by atoms with Crippen LogP contribution in [0.2, 0.25) is 0 Å². The lowest BCUT2D eigenvalue weighted by Gasteiger charge is -2.31. The molecule has 1 aliphatic heterocycles.